The molecule has 31 heavy (non-hydrogen) atoms. The van der Waals surface area contributed by atoms with Crippen LogP contribution in [0, 0.1) is 5.82 Å². The lowest BCUT2D eigenvalue weighted by Crippen LogP contribution is -2.39. The zero-order valence-corrected chi connectivity index (χ0v) is 18.6. The van der Waals surface area contributed by atoms with Gasteiger partial charge in [-0.2, -0.15) is 4.31 Å². The molecule has 1 saturated heterocycles. The minimum atomic E-state index is -3.82. The molecule has 1 aliphatic heterocycles. The maximum atomic E-state index is 13.5. The van der Waals surface area contributed by atoms with Crippen LogP contribution in [0.4, 0.5) is 10.1 Å². The number of rotatable bonds is 5. The summed E-state index contributed by atoms with van der Waals surface area (Å²) >= 11 is 6.99. The van der Waals surface area contributed by atoms with Crippen LogP contribution in [0.15, 0.2) is 53.4 Å². The van der Waals surface area contributed by atoms with Crippen molar-refractivity contribution in [1.29, 1.82) is 0 Å². The number of hydrogen-bond acceptors (Lipinski definition) is 6. The number of carbonyl (C=O) groups excluding carboxylic acids is 1. The molecule has 1 N–H and O–H groups in total. The molecule has 0 spiro atoms. The second-order valence-electron chi connectivity index (χ2n) is 7.07. The highest BCUT2D eigenvalue weighted by Gasteiger charge is 2.33. The highest BCUT2D eigenvalue weighted by atomic mass is 35.5. The molecule has 7 nitrogen and oxygen atoms in total. The van der Waals surface area contributed by atoms with Crippen molar-refractivity contribution < 1.29 is 17.6 Å². The van der Waals surface area contributed by atoms with E-state index in [4.69, 9.17) is 11.6 Å². The maximum Gasteiger partial charge on any atom is 0.286 e. The van der Waals surface area contributed by atoms with Crippen LogP contribution in [-0.4, -0.2) is 41.9 Å². The standard InChI is InChI=1S/C20H18ClFN4O3S2/c21-14-6-8-16(9-7-14)23-18(27)20-25-24-19(30-20)13-3-2-10-26(12-13)31(28,29)17-5-1-4-15(22)11-17/h1,4-9,11,13H,2-3,10,12H2,(H,23,27). The molecule has 0 aliphatic carbocycles. The van der Waals surface area contributed by atoms with Crippen LogP contribution in [0.2, 0.25) is 5.02 Å². The van der Waals surface area contributed by atoms with Gasteiger partial charge in [-0.1, -0.05) is 29.0 Å². The number of nitrogens with one attached hydrogen (secondary N) is 1. The Kier molecular flexibility index (Phi) is 6.33. The predicted molar refractivity (Wildman–Crippen MR) is 116 cm³/mol. The highest BCUT2D eigenvalue weighted by Crippen LogP contribution is 2.32. The number of aromatic nitrogens is 2. The highest BCUT2D eigenvalue weighted by molar-refractivity contribution is 7.89. The van der Waals surface area contributed by atoms with Crippen molar-refractivity contribution in [2.45, 2.75) is 23.7 Å². The van der Waals surface area contributed by atoms with E-state index < -0.39 is 21.7 Å². The Morgan fingerprint density at radius 2 is 1.97 bits per heavy atom. The van der Waals surface area contributed by atoms with Crippen molar-refractivity contribution in [3.05, 3.63) is 69.4 Å². The number of sulfonamides is 1. The Morgan fingerprint density at radius 3 is 2.71 bits per heavy atom. The van der Waals surface area contributed by atoms with E-state index in [2.05, 4.69) is 15.5 Å². The van der Waals surface area contributed by atoms with Crippen molar-refractivity contribution in [3.63, 3.8) is 0 Å². The van der Waals surface area contributed by atoms with Crippen LogP contribution in [0.5, 0.6) is 0 Å². The van der Waals surface area contributed by atoms with Gasteiger partial charge < -0.3 is 5.32 Å². The minimum absolute atomic E-state index is 0.0755. The Morgan fingerprint density at radius 1 is 1.19 bits per heavy atom. The number of halogens is 2. The molecular formula is C20H18ClFN4O3S2. The molecule has 2 aromatic carbocycles. The Labute approximate surface area is 187 Å². The van der Waals surface area contributed by atoms with E-state index in [1.54, 1.807) is 24.3 Å². The van der Waals surface area contributed by atoms with Gasteiger partial charge in [0.2, 0.25) is 15.0 Å². The summed E-state index contributed by atoms with van der Waals surface area (Å²) in [6.45, 7) is 0.546. The lowest BCUT2D eigenvalue weighted by atomic mass is 10.0. The number of amides is 1. The molecule has 1 amide bonds. The number of anilines is 1. The van der Waals surface area contributed by atoms with Gasteiger partial charge in [0.1, 0.15) is 10.8 Å². The molecule has 1 atom stereocenters. The summed E-state index contributed by atoms with van der Waals surface area (Å²) in [5.74, 6) is -1.19. The molecule has 162 valence electrons. The van der Waals surface area contributed by atoms with Gasteiger partial charge in [-0.15, -0.1) is 10.2 Å². The van der Waals surface area contributed by atoms with Crippen LogP contribution in [0.1, 0.15) is 33.6 Å². The number of benzene rings is 2. The topological polar surface area (TPSA) is 92.3 Å². The average Bonchev–Trinajstić information content (AvgIpc) is 3.26. The predicted octanol–water partition coefficient (Wildman–Crippen LogP) is 4.15. The largest absolute Gasteiger partial charge is 0.320 e. The molecule has 11 heteroatoms. The lowest BCUT2D eigenvalue weighted by molar-refractivity contribution is 0.102. The van der Waals surface area contributed by atoms with Gasteiger partial charge in [-0.05, 0) is 55.3 Å². The first-order chi connectivity index (χ1) is 14.8. The monoisotopic (exact) mass is 480 g/mol. The van der Waals surface area contributed by atoms with Crippen molar-refractivity contribution in [2.24, 2.45) is 0 Å². The van der Waals surface area contributed by atoms with E-state index in [-0.39, 0.29) is 22.4 Å². The van der Waals surface area contributed by atoms with Gasteiger partial charge in [0.15, 0.2) is 0 Å². The molecule has 0 bridgehead atoms. The van der Waals surface area contributed by atoms with E-state index >= 15 is 0 Å². The van der Waals surface area contributed by atoms with E-state index in [0.717, 1.165) is 23.8 Å². The summed E-state index contributed by atoms with van der Waals surface area (Å²) < 4.78 is 40.7. The quantitative estimate of drug-likeness (QED) is 0.592. The third-order valence-corrected chi connectivity index (χ3v) is 8.10. The SMILES string of the molecule is O=C(Nc1ccc(Cl)cc1)c1nnc(C2CCCN(S(=O)(=O)c3cccc(F)c3)C2)s1. The summed E-state index contributed by atoms with van der Waals surface area (Å²) in [4.78, 5) is 12.4. The summed E-state index contributed by atoms with van der Waals surface area (Å²) in [5.41, 5.74) is 0.580. The maximum absolute atomic E-state index is 13.5. The van der Waals surface area contributed by atoms with Crippen LogP contribution >= 0.6 is 22.9 Å². The number of carbonyl (C=O) groups is 1. The van der Waals surface area contributed by atoms with Crippen LogP contribution in [0.3, 0.4) is 0 Å². The molecule has 1 aliphatic rings. The van der Waals surface area contributed by atoms with Gasteiger partial charge in [0, 0.05) is 29.7 Å². The molecular weight excluding hydrogens is 463 g/mol. The average molecular weight is 481 g/mol. The fourth-order valence-electron chi connectivity index (χ4n) is 3.35. The smallest absolute Gasteiger partial charge is 0.286 e. The van der Waals surface area contributed by atoms with E-state index in [1.165, 1.54) is 22.5 Å². The zero-order chi connectivity index (χ0) is 22.0. The van der Waals surface area contributed by atoms with Gasteiger partial charge >= 0.3 is 0 Å². The Balaban J connectivity index is 1.47. The van der Waals surface area contributed by atoms with E-state index in [0.29, 0.717) is 28.7 Å². The Bertz CT molecular complexity index is 1200. The second-order valence-corrected chi connectivity index (χ2v) is 10.4. The fourth-order valence-corrected chi connectivity index (χ4v) is 5.89. The zero-order valence-electron chi connectivity index (χ0n) is 16.2. The van der Waals surface area contributed by atoms with E-state index in [1.807, 2.05) is 0 Å². The fraction of sp³-hybridized carbons (Fsp3) is 0.250. The number of nitrogens with zero attached hydrogens (tertiary/aromatic N) is 3. The first-order valence-corrected chi connectivity index (χ1v) is 12.1. The van der Waals surface area contributed by atoms with Crippen LogP contribution < -0.4 is 5.32 Å². The minimum Gasteiger partial charge on any atom is -0.320 e. The number of piperidine rings is 1. The molecule has 0 saturated carbocycles. The van der Waals surface area contributed by atoms with Crippen molar-refractivity contribution in [3.8, 4) is 0 Å². The second kappa shape index (κ2) is 8.99. The third-order valence-electron chi connectivity index (χ3n) is 4.90. The van der Waals surface area contributed by atoms with Gasteiger partial charge in [-0.3, -0.25) is 4.79 Å². The third kappa shape index (κ3) is 4.93. The van der Waals surface area contributed by atoms with E-state index in [9.17, 15) is 17.6 Å². The summed E-state index contributed by atoms with van der Waals surface area (Å²) in [6, 6.07) is 11.7. The molecule has 2 heterocycles. The normalized spacial score (nSPS) is 17.4. The van der Waals surface area contributed by atoms with Crippen molar-refractivity contribution in [1.82, 2.24) is 14.5 Å². The molecule has 3 aromatic rings. The first kappa shape index (κ1) is 21.8. The molecule has 1 unspecified atom stereocenters. The molecule has 1 fully saturated rings. The summed E-state index contributed by atoms with van der Waals surface area (Å²) in [6.07, 6.45) is 1.35. The summed E-state index contributed by atoms with van der Waals surface area (Å²) in [7, 11) is -3.82. The van der Waals surface area contributed by atoms with Crippen LogP contribution in [-0.2, 0) is 10.0 Å². The van der Waals surface area contributed by atoms with Gasteiger partial charge in [0.05, 0.1) is 4.90 Å². The van der Waals surface area contributed by atoms with Crippen molar-refractivity contribution in [2.75, 3.05) is 18.4 Å². The van der Waals surface area contributed by atoms with Crippen molar-refractivity contribution >= 4 is 44.6 Å². The number of hydrogen-bond donors (Lipinski definition) is 1. The van der Waals surface area contributed by atoms with Crippen LogP contribution in [0.25, 0.3) is 0 Å². The molecule has 0 radical (unpaired) electrons. The lowest BCUT2D eigenvalue weighted by Gasteiger charge is -2.30. The Hall–Kier alpha value is -2.40. The first-order valence-electron chi connectivity index (χ1n) is 9.49. The summed E-state index contributed by atoms with van der Waals surface area (Å²) in [5, 5.41) is 12.2. The van der Waals surface area contributed by atoms with Gasteiger partial charge in [0.25, 0.3) is 5.91 Å². The van der Waals surface area contributed by atoms with Gasteiger partial charge in [-0.25, -0.2) is 12.8 Å². The molecule has 4 rings (SSSR count). The molecule has 1 aromatic heterocycles.